The number of nitrogens with one attached hydrogen (secondary N) is 2. The van der Waals surface area contributed by atoms with Gasteiger partial charge in [0.2, 0.25) is 11.0 Å². The third-order valence-electron chi connectivity index (χ3n) is 1.96. The van der Waals surface area contributed by atoms with E-state index in [2.05, 4.69) is 20.8 Å². The Morgan fingerprint density at radius 3 is 3.20 bits per heavy atom. The lowest BCUT2D eigenvalue weighted by atomic mass is 10.3. The van der Waals surface area contributed by atoms with Crippen molar-refractivity contribution in [1.82, 2.24) is 20.8 Å². The molecule has 0 bridgehead atoms. The first-order valence-corrected chi connectivity index (χ1v) is 5.33. The molecule has 4 N–H and O–H groups in total. The molecule has 6 nitrogen and oxygen atoms in total. The molecule has 2 heterocycles. The molecule has 0 unspecified atom stereocenters. The molecule has 0 fully saturated rings. The SMILES string of the molecule is Nc1nnc(CNC(=O)[C@H]2C=CCN2)s1. The summed E-state index contributed by atoms with van der Waals surface area (Å²) in [5.41, 5.74) is 5.42. The summed E-state index contributed by atoms with van der Waals surface area (Å²) >= 11 is 1.27. The van der Waals surface area contributed by atoms with Crippen LogP contribution in [-0.4, -0.2) is 28.7 Å². The maximum absolute atomic E-state index is 11.5. The van der Waals surface area contributed by atoms with Crippen molar-refractivity contribution in [1.29, 1.82) is 0 Å². The minimum atomic E-state index is -0.227. The molecular formula is C8H11N5OS. The number of aromatic nitrogens is 2. The highest BCUT2D eigenvalue weighted by Gasteiger charge is 2.17. The van der Waals surface area contributed by atoms with Crippen molar-refractivity contribution in [2.24, 2.45) is 0 Å². The summed E-state index contributed by atoms with van der Waals surface area (Å²) in [6.45, 7) is 1.11. The number of anilines is 1. The number of hydrogen-bond donors (Lipinski definition) is 3. The molecule has 0 saturated heterocycles. The maximum atomic E-state index is 11.5. The van der Waals surface area contributed by atoms with Crippen LogP contribution in [0.5, 0.6) is 0 Å². The molecule has 0 radical (unpaired) electrons. The third-order valence-corrected chi connectivity index (χ3v) is 2.72. The zero-order valence-electron chi connectivity index (χ0n) is 7.93. The number of nitrogen functional groups attached to an aromatic ring is 1. The minimum Gasteiger partial charge on any atom is -0.374 e. The minimum absolute atomic E-state index is 0.0579. The van der Waals surface area contributed by atoms with E-state index in [0.29, 0.717) is 16.7 Å². The second-order valence-corrected chi connectivity index (χ2v) is 4.16. The van der Waals surface area contributed by atoms with Crippen molar-refractivity contribution in [3.8, 4) is 0 Å². The highest BCUT2D eigenvalue weighted by molar-refractivity contribution is 7.15. The number of nitrogens with two attached hydrogens (primary N) is 1. The monoisotopic (exact) mass is 225 g/mol. The van der Waals surface area contributed by atoms with Crippen LogP contribution in [0.4, 0.5) is 5.13 Å². The Morgan fingerprint density at radius 2 is 2.60 bits per heavy atom. The Morgan fingerprint density at radius 1 is 1.73 bits per heavy atom. The van der Waals surface area contributed by atoms with Gasteiger partial charge in [0.25, 0.3) is 0 Å². The molecule has 1 amide bonds. The number of hydrogen-bond acceptors (Lipinski definition) is 6. The van der Waals surface area contributed by atoms with Gasteiger partial charge in [-0.05, 0) is 0 Å². The van der Waals surface area contributed by atoms with Crippen LogP contribution in [0.3, 0.4) is 0 Å². The van der Waals surface area contributed by atoms with E-state index in [-0.39, 0.29) is 11.9 Å². The molecule has 1 atom stereocenters. The molecule has 0 spiro atoms. The lowest BCUT2D eigenvalue weighted by Gasteiger charge is -2.08. The van der Waals surface area contributed by atoms with Gasteiger partial charge < -0.3 is 11.1 Å². The van der Waals surface area contributed by atoms with E-state index < -0.39 is 0 Å². The van der Waals surface area contributed by atoms with Crippen LogP contribution < -0.4 is 16.4 Å². The Labute approximate surface area is 90.6 Å². The largest absolute Gasteiger partial charge is 0.374 e. The van der Waals surface area contributed by atoms with Crippen LogP contribution in [0, 0.1) is 0 Å². The fourth-order valence-electron chi connectivity index (χ4n) is 1.26. The van der Waals surface area contributed by atoms with Gasteiger partial charge >= 0.3 is 0 Å². The summed E-state index contributed by atoms with van der Waals surface area (Å²) in [5.74, 6) is -0.0579. The zero-order chi connectivity index (χ0) is 10.7. The second-order valence-electron chi connectivity index (χ2n) is 3.07. The number of carbonyl (C=O) groups is 1. The van der Waals surface area contributed by atoms with Crippen LogP contribution in [0.25, 0.3) is 0 Å². The first kappa shape index (κ1) is 10.1. The van der Waals surface area contributed by atoms with Gasteiger partial charge in [-0.25, -0.2) is 0 Å². The molecule has 1 aromatic rings. The van der Waals surface area contributed by atoms with Crippen LogP contribution >= 0.6 is 11.3 Å². The average Bonchev–Trinajstić information content (AvgIpc) is 2.84. The summed E-state index contributed by atoms with van der Waals surface area (Å²) in [6, 6.07) is -0.227. The normalized spacial score (nSPS) is 19.3. The molecule has 1 aromatic heterocycles. The van der Waals surface area contributed by atoms with E-state index in [1.54, 1.807) is 0 Å². The predicted octanol–water partition coefficient (Wildman–Crippen LogP) is -0.736. The summed E-state index contributed by atoms with van der Waals surface area (Å²) < 4.78 is 0. The first-order chi connectivity index (χ1) is 7.25. The van der Waals surface area contributed by atoms with Gasteiger partial charge in [-0.3, -0.25) is 10.1 Å². The van der Waals surface area contributed by atoms with Gasteiger partial charge in [0.1, 0.15) is 11.0 Å². The van der Waals surface area contributed by atoms with Crippen LogP contribution in [0.2, 0.25) is 0 Å². The fourth-order valence-corrected chi connectivity index (χ4v) is 1.81. The van der Waals surface area contributed by atoms with E-state index in [9.17, 15) is 4.79 Å². The summed E-state index contributed by atoms with van der Waals surface area (Å²) in [5, 5.41) is 14.4. The smallest absolute Gasteiger partial charge is 0.241 e. The molecular weight excluding hydrogens is 214 g/mol. The summed E-state index contributed by atoms with van der Waals surface area (Å²) in [4.78, 5) is 11.5. The number of rotatable bonds is 3. The van der Waals surface area contributed by atoms with E-state index in [1.807, 2.05) is 12.2 Å². The molecule has 80 valence electrons. The summed E-state index contributed by atoms with van der Waals surface area (Å²) in [7, 11) is 0. The molecule has 2 rings (SSSR count). The van der Waals surface area contributed by atoms with Gasteiger partial charge in [0, 0.05) is 6.54 Å². The van der Waals surface area contributed by atoms with Crippen molar-refractivity contribution in [3.63, 3.8) is 0 Å². The topological polar surface area (TPSA) is 92.9 Å². The Bertz CT molecular complexity index is 388. The Hall–Kier alpha value is -1.47. The summed E-state index contributed by atoms with van der Waals surface area (Å²) in [6.07, 6.45) is 3.76. The van der Waals surface area contributed by atoms with Crippen LogP contribution in [-0.2, 0) is 11.3 Å². The van der Waals surface area contributed by atoms with Gasteiger partial charge in [0.15, 0.2) is 0 Å². The second kappa shape index (κ2) is 4.37. The average molecular weight is 225 g/mol. The predicted molar refractivity (Wildman–Crippen MR) is 57.1 cm³/mol. The molecule has 1 aliphatic heterocycles. The maximum Gasteiger partial charge on any atom is 0.241 e. The van der Waals surface area contributed by atoms with E-state index in [4.69, 9.17) is 5.73 Å². The van der Waals surface area contributed by atoms with Crippen LogP contribution in [0.1, 0.15) is 5.01 Å². The van der Waals surface area contributed by atoms with Crippen molar-refractivity contribution in [3.05, 3.63) is 17.2 Å². The van der Waals surface area contributed by atoms with Crippen molar-refractivity contribution < 1.29 is 4.79 Å². The van der Waals surface area contributed by atoms with Gasteiger partial charge in [-0.15, -0.1) is 10.2 Å². The molecule has 0 aliphatic carbocycles. The quantitative estimate of drug-likeness (QED) is 0.589. The Balaban J connectivity index is 1.82. The molecule has 0 aromatic carbocycles. The first-order valence-electron chi connectivity index (χ1n) is 4.51. The molecule has 7 heteroatoms. The standard InChI is InChI=1S/C8H11N5OS/c9-8-13-12-6(15-8)4-11-7(14)5-2-1-3-10-5/h1-2,5,10H,3-4H2,(H2,9,13)(H,11,14)/t5-/m1/s1. The van der Waals surface area contributed by atoms with E-state index in [1.165, 1.54) is 11.3 Å². The van der Waals surface area contributed by atoms with Crippen molar-refractivity contribution in [2.45, 2.75) is 12.6 Å². The number of amides is 1. The molecule has 15 heavy (non-hydrogen) atoms. The van der Waals surface area contributed by atoms with Crippen LogP contribution in [0.15, 0.2) is 12.2 Å². The Kier molecular flexibility index (Phi) is 2.93. The van der Waals surface area contributed by atoms with Gasteiger partial charge in [-0.2, -0.15) is 0 Å². The lowest BCUT2D eigenvalue weighted by molar-refractivity contribution is -0.122. The van der Waals surface area contributed by atoms with E-state index in [0.717, 1.165) is 6.54 Å². The number of carbonyl (C=O) groups excluding carboxylic acids is 1. The van der Waals surface area contributed by atoms with Gasteiger partial charge in [-0.1, -0.05) is 23.5 Å². The zero-order valence-corrected chi connectivity index (χ0v) is 8.75. The van der Waals surface area contributed by atoms with Gasteiger partial charge in [0.05, 0.1) is 6.54 Å². The number of nitrogens with zero attached hydrogens (tertiary/aromatic N) is 2. The van der Waals surface area contributed by atoms with E-state index >= 15 is 0 Å². The highest BCUT2D eigenvalue weighted by Crippen LogP contribution is 2.10. The third kappa shape index (κ3) is 2.51. The van der Waals surface area contributed by atoms with Crippen molar-refractivity contribution in [2.75, 3.05) is 12.3 Å². The lowest BCUT2D eigenvalue weighted by Crippen LogP contribution is -2.40. The highest BCUT2D eigenvalue weighted by atomic mass is 32.1. The molecule has 0 saturated carbocycles. The molecule has 1 aliphatic rings. The van der Waals surface area contributed by atoms with Crippen molar-refractivity contribution >= 4 is 22.4 Å². The fraction of sp³-hybridized carbons (Fsp3) is 0.375.